The molecule has 3 nitrogen and oxygen atoms in total. The van der Waals surface area contributed by atoms with Crippen LogP contribution in [0.25, 0.3) is 0 Å². The third-order valence-electron chi connectivity index (χ3n) is 2.52. The van der Waals surface area contributed by atoms with E-state index in [1.165, 1.54) is 0 Å². The van der Waals surface area contributed by atoms with Crippen LogP contribution in [0, 0.1) is 5.92 Å². The Kier molecular flexibility index (Phi) is 3.35. The Balaban J connectivity index is 0.000000720. The van der Waals surface area contributed by atoms with Crippen molar-refractivity contribution in [1.82, 2.24) is 10.2 Å². The maximum atomic E-state index is 11.2. The van der Waals surface area contributed by atoms with Gasteiger partial charge in [0.25, 0.3) is 0 Å². The van der Waals surface area contributed by atoms with E-state index in [1.807, 2.05) is 4.90 Å². The second kappa shape index (κ2) is 4.10. The Morgan fingerprint density at radius 2 is 2.25 bits per heavy atom. The largest absolute Gasteiger partial charge is 0.342 e. The van der Waals surface area contributed by atoms with Crippen LogP contribution < -0.4 is 5.32 Å². The van der Waals surface area contributed by atoms with Crippen LogP contribution in [0.1, 0.15) is 12.8 Å². The minimum Gasteiger partial charge on any atom is -0.342 e. The molecule has 4 heteroatoms. The Morgan fingerprint density at radius 3 is 2.67 bits per heavy atom. The van der Waals surface area contributed by atoms with Crippen molar-refractivity contribution in [2.24, 2.45) is 5.92 Å². The third kappa shape index (κ3) is 1.90. The van der Waals surface area contributed by atoms with Gasteiger partial charge in [0.1, 0.15) is 0 Å². The van der Waals surface area contributed by atoms with Gasteiger partial charge < -0.3 is 10.2 Å². The molecule has 2 aliphatic heterocycles. The molecule has 0 aromatic carbocycles. The number of nitrogens with one attached hydrogen (secondary N) is 1. The normalized spacial score (nSPS) is 23.7. The Labute approximate surface area is 78.9 Å². The zero-order chi connectivity index (χ0) is 7.68. The number of rotatable bonds is 2. The molecule has 0 atom stereocenters. The van der Waals surface area contributed by atoms with Gasteiger partial charge in [0, 0.05) is 38.5 Å². The quantitative estimate of drug-likeness (QED) is 0.677. The van der Waals surface area contributed by atoms with Crippen LogP contribution in [0.3, 0.4) is 0 Å². The van der Waals surface area contributed by atoms with Crippen LogP contribution in [0.4, 0.5) is 0 Å². The Hall–Kier alpha value is -0.280. The smallest absolute Gasteiger partial charge is 0.222 e. The highest BCUT2D eigenvalue weighted by Crippen LogP contribution is 2.13. The molecular weight excluding hydrogens is 176 g/mol. The van der Waals surface area contributed by atoms with E-state index in [0.717, 1.165) is 44.9 Å². The Morgan fingerprint density at radius 1 is 1.50 bits per heavy atom. The van der Waals surface area contributed by atoms with Crippen molar-refractivity contribution < 1.29 is 4.79 Å². The number of halogens is 1. The summed E-state index contributed by atoms with van der Waals surface area (Å²) in [6, 6.07) is 0. The van der Waals surface area contributed by atoms with E-state index >= 15 is 0 Å². The van der Waals surface area contributed by atoms with E-state index in [0.29, 0.717) is 5.91 Å². The summed E-state index contributed by atoms with van der Waals surface area (Å²) in [7, 11) is 0. The van der Waals surface area contributed by atoms with Gasteiger partial charge in [0.15, 0.2) is 0 Å². The summed E-state index contributed by atoms with van der Waals surface area (Å²) in [4.78, 5) is 13.2. The average Bonchev–Trinajstić information content (AvgIpc) is 2.27. The van der Waals surface area contributed by atoms with E-state index in [1.54, 1.807) is 0 Å². The standard InChI is InChI=1S/C8H14N2O.ClH/c11-8-2-1-3-10(8)6-7-4-9-5-7;/h7,9H,1-6H2;1H. The molecule has 2 fully saturated rings. The fourth-order valence-corrected chi connectivity index (χ4v) is 1.69. The lowest BCUT2D eigenvalue weighted by atomic mass is 10.0. The molecule has 0 saturated carbocycles. The fraction of sp³-hybridized carbons (Fsp3) is 0.875. The van der Waals surface area contributed by atoms with Gasteiger partial charge >= 0.3 is 0 Å². The second-order valence-electron chi connectivity index (χ2n) is 3.47. The SMILES string of the molecule is Cl.O=C1CCCN1CC1CNC1. The third-order valence-corrected chi connectivity index (χ3v) is 2.52. The van der Waals surface area contributed by atoms with Crippen molar-refractivity contribution >= 4 is 18.3 Å². The molecule has 2 aliphatic rings. The van der Waals surface area contributed by atoms with Crippen molar-refractivity contribution in [3.8, 4) is 0 Å². The zero-order valence-corrected chi connectivity index (χ0v) is 7.90. The van der Waals surface area contributed by atoms with Crippen LogP contribution >= 0.6 is 12.4 Å². The second-order valence-corrected chi connectivity index (χ2v) is 3.47. The maximum Gasteiger partial charge on any atom is 0.222 e. The highest BCUT2D eigenvalue weighted by molar-refractivity contribution is 5.85. The minimum atomic E-state index is 0. The summed E-state index contributed by atoms with van der Waals surface area (Å²) < 4.78 is 0. The lowest BCUT2D eigenvalue weighted by molar-refractivity contribution is -0.128. The van der Waals surface area contributed by atoms with E-state index in [-0.39, 0.29) is 12.4 Å². The number of nitrogens with zero attached hydrogens (tertiary/aromatic N) is 1. The van der Waals surface area contributed by atoms with Gasteiger partial charge in [-0.1, -0.05) is 0 Å². The number of amides is 1. The van der Waals surface area contributed by atoms with Gasteiger partial charge in [-0.15, -0.1) is 12.4 Å². The summed E-state index contributed by atoms with van der Waals surface area (Å²) in [6.45, 7) is 4.19. The van der Waals surface area contributed by atoms with E-state index in [9.17, 15) is 4.79 Å². The van der Waals surface area contributed by atoms with Gasteiger partial charge in [-0.25, -0.2) is 0 Å². The number of carbonyl (C=O) groups excluding carboxylic acids is 1. The molecule has 0 spiro atoms. The predicted octanol–water partition coefficient (Wildman–Crippen LogP) is 0.250. The molecule has 70 valence electrons. The van der Waals surface area contributed by atoms with Crippen LogP contribution in [0.2, 0.25) is 0 Å². The number of hydrogen-bond acceptors (Lipinski definition) is 2. The highest BCUT2D eigenvalue weighted by atomic mass is 35.5. The summed E-state index contributed by atoms with van der Waals surface area (Å²) in [5.41, 5.74) is 0. The van der Waals surface area contributed by atoms with Gasteiger partial charge in [0.05, 0.1) is 0 Å². The molecule has 1 N–H and O–H groups in total. The first-order valence-corrected chi connectivity index (χ1v) is 4.35. The summed E-state index contributed by atoms with van der Waals surface area (Å²) in [6.07, 6.45) is 1.85. The van der Waals surface area contributed by atoms with Crippen molar-refractivity contribution in [2.75, 3.05) is 26.2 Å². The molecule has 0 aliphatic carbocycles. The van der Waals surface area contributed by atoms with Crippen LogP contribution in [0.15, 0.2) is 0 Å². The van der Waals surface area contributed by atoms with Crippen LogP contribution in [-0.2, 0) is 4.79 Å². The van der Waals surface area contributed by atoms with Gasteiger partial charge in [-0.2, -0.15) is 0 Å². The molecule has 2 rings (SSSR count). The highest BCUT2D eigenvalue weighted by Gasteiger charge is 2.25. The molecule has 0 radical (unpaired) electrons. The first-order valence-electron chi connectivity index (χ1n) is 4.35. The zero-order valence-electron chi connectivity index (χ0n) is 7.08. The molecule has 2 heterocycles. The van der Waals surface area contributed by atoms with Crippen molar-refractivity contribution in [1.29, 1.82) is 0 Å². The Bertz CT molecular complexity index is 170. The van der Waals surface area contributed by atoms with Crippen molar-refractivity contribution in [3.05, 3.63) is 0 Å². The van der Waals surface area contributed by atoms with E-state index in [2.05, 4.69) is 5.32 Å². The van der Waals surface area contributed by atoms with Crippen molar-refractivity contribution in [3.63, 3.8) is 0 Å². The fourth-order valence-electron chi connectivity index (χ4n) is 1.69. The molecule has 1 amide bonds. The van der Waals surface area contributed by atoms with Crippen molar-refractivity contribution in [2.45, 2.75) is 12.8 Å². The topological polar surface area (TPSA) is 32.3 Å². The minimum absolute atomic E-state index is 0. The molecule has 0 aromatic rings. The van der Waals surface area contributed by atoms with E-state index < -0.39 is 0 Å². The lowest BCUT2D eigenvalue weighted by Gasteiger charge is -2.30. The number of likely N-dealkylation sites (tertiary alicyclic amines) is 1. The number of hydrogen-bond donors (Lipinski definition) is 1. The molecule has 0 bridgehead atoms. The van der Waals surface area contributed by atoms with Crippen LogP contribution in [-0.4, -0.2) is 37.0 Å². The van der Waals surface area contributed by atoms with Gasteiger partial charge in [-0.05, 0) is 6.42 Å². The first-order chi connectivity index (χ1) is 5.36. The molecule has 2 saturated heterocycles. The van der Waals surface area contributed by atoms with Gasteiger partial charge in [-0.3, -0.25) is 4.79 Å². The number of carbonyl (C=O) groups is 1. The maximum absolute atomic E-state index is 11.2. The first kappa shape index (κ1) is 9.81. The molecule has 12 heavy (non-hydrogen) atoms. The van der Waals surface area contributed by atoms with E-state index in [4.69, 9.17) is 0 Å². The molecule has 0 aromatic heterocycles. The van der Waals surface area contributed by atoms with Gasteiger partial charge in [0.2, 0.25) is 5.91 Å². The molecule has 0 unspecified atom stereocenters. The summed E-state index contributed by atoms with van der Waals surface area (Å²) in [5, 5.41) is 3.21. The average molecular weight is 191 g/mol. The summed E-state index contributed by atoms with van der Waals surface area (Å²) >= 11 is 0. The predicted molar refractivity (Wildman–Crippen MR) is 49.4 cm³/mol. The molecular formula is C8H15ClN2O. The monoisotopic (exact) mass is 190 g/mol. The lowest BCUT2D eigenvalue weighted by Crippen LogP contribution is -2.48. The van der Waals surface area contributed by atoms with Crippen LogP contribution in [0.5, 0.6) is 0 Å². The summed E-state index contributed by atoms with van der Waals surface area (Å²) in [5.74, 6) is 1.09.